The summed E-state index contributed by atoms with van der Waals surface area (Å²) < 4.78 is 19.3. The van der Waals surface area contributed by atoms with Gasteiger partial charge < -0.3 is 4.74 Å². The van der Waals surface area contributed by atoms with E-state index in [1.165, 1.54) is 11.3 Å². The minimum absolute atomic E-state index is 0.0573. The molecular formula is C11H11FN2O3S. The van der Waals surface area contributed by atoms with Gasteiger partial charge in [0.05, 0.1) is 12.1 Å². The lowest BCUT2D eigenvalue weighted by atomic mass is 10.3. The second kappa shape index (κ2) is 4.85. The summed E-state index contributed by atoms with van der Waals surface area (Å²) in [6.45, 7) is 3.44. The molecule has 2 rings (SSSR count). The predicted octanol–water partition coefficient (Wildman–Crippen LogP) is 1.80. The lowest BCUT2D eigenvalue weighted by Gasteiger charge is -2.09. The molecule has 7 heteroatoms. The van der Waals surface area contributed by atoms with E-state index >= 15 is 0 Å². The summed E-state index contributed by atoms with van der Waals surface area (Å²) >= 11 is 1.18. The van der Waals surface area contributed by atoms with Crippen LogP contribution in [0.25, 0.3) is 10.2 Å². The first-order valence-corrected chi connectivity index (χ1v) is 6.20. The Morgan fingerprint density at radius 2 is 2.39 bits per heavy atom. The van der Waals surface area contributed by atoms with Gasteiger partial charge in [0.25, 0.3) is 11.9 Å². The molecule has 0 aliphatic carbocycles. The number of nitrogens with zero attached hydrogens (tertiary/aromatic N) is 2. The van der Waals surface area contributed by atoms with Crippen molar-refractivity contribution in [2.75, 3.05) is 6.61 Å². The molecule has 0 saturated carbocycles. The number of aromatic nitrogens is 2. The summed E-state index contributed by atoms with van der Waals surface area (Å²) in [4.78, 5) is 27.2. The van der Waals surface area contributed by atoms with Crippen LogP contribution in [-0.2, 0) is 9.53 Å². The Morgan fingerprint density at radius 3 is 3.06 bits per heavy atom. The van der Waals surface area contributed by atoms with Gasteiger partial charge in [-0.05, 0) is 24.8 Å². The third-order valence-corrected chi connectivity index (χ3v) is 3.48. The fraction of sp³-hybridized carbons (Fsp3) is 0.364. The van der Waals surface area contributed by atoms with Crippen LogP contribution in [0.4, 0.5) is 4.39 Å². The number of hydrogen-bond acceptors (Lipinski definition) is 5. The molecule has 0 aliphatic rings. The summed E-state index contributed by atoms with van der Waals surface area (Å²) in [7, 11) is 0. The van der Waals surface area contributed by atoms with Gasteiger partial charge in [0.15, 0.2) is 0 Å². The van der Waals surface area contributed by atoms with Crippen molar-refractivity contribution in [1.82, 2.24) is 9.55 Å². The van der Waals surface area contributed by atoms with E-state index in [9.17, 15) is 14.0 Å². The molecule has 1 unspecified atom stereocenters. The predicted molar refractivity (Wildman–Crippen MR) is 65.4 cm³/mol. The smallest absolute Gasteiger partial charge is 0.362 e. The fourth-order valence-electron chi connectivity index (χ4n) is 1.53. The van der Waals surface area contributed by atoms with Crippen LogP contribution < -0.4 is 5.56 Å². The maximum Gasteiger partial charge on any atom is 0.362 e. The van der Waals surface area contributed by atoms with Crippen molar-refractivity contribution < 1.29 is 13.9 Å². The van der Waals surface area contributed by atoms with E-state index < -0.39 is 17.8 Å². The molecule has 0 bridgehead atoms. The normalized spacial score (nSPS) is 12.6. The fourth-order valence-corrected chi connectivity index (χ4v) is 2.46. The van der Waals surface area contributed by atoms with Gasteiger partial charge in [-0.25, -0.2) is 14.2 Å². The molecule has 0 fully saturated rings. The van der Waals surface area contributed by atoms with E-state index in [0.29, 0.717) is 14.8 Å². The second-order valence-corrected chi connectivity index (χ2v) is 4.52. The molecule has 0 N–H and O–H groups in total. The number of halogens is 1. The minimum Gasteiger partial charge on any atom is -0.462 e. The number of thiophene rings is 1. The molecule has 2 aromatic heterocycles. The maximum absolute atomic E-state index is 13.8. The molecule has 0 radical (unpaired) electrons. The molecule has 1 atom stereocenters. The van der Waals surface area contributed by atoms with Crippen LogP contribution in [0.3, 0.4) is 0 Å². The second-order valence-electron chi connectivity index (χ2n) is 3.64. The average Bonchev–Trinajstić information content (AvgIpc) is 2.72. The average molecular weight is 270 g/mol. The standard InChI is InChI=1S/C11H11FN2O3S/c1-3-17-11(16)9(12)14-5-13-7-6(2)4-18-8(7)10(14)15/h4-5,9H,3H2,1-2H3. The zero-order valence-electron chi connectivity index (χ0n) is 9.84. The lowest BCUT2D eigenvalue weighted by molar-refractivity contribution is -0.153. The van der Waals surface area contributed by atoms with Gasteiger partial charge in [-0.1, -0.05) is 0 Å². The number of carbonyl (C=O) groups excluding carboxylic acids is 1. The summed E-state index contributed by atoms with van der Waals surface area (Å²) in [6.07, 6.45) is -1.12. The van der Waals surface area contributed by atoms with Crippen LogP contribution in [0.1, 0.15) is 18.8 Å². The van der Waals surface area contributed by atoms with Crippen molar-refractivity contribution in [3.63, 3.8) is 0 Å². The van der Waals surface area contributed by atoms with Gasteiger partial charge in [-0.15, -0.1) is 11.3 Å². The highest BCUT2D eigenvalue weighted by molar-refractivity contribution is 7.17. The maximum atomic E-state index is 13.8. The number of ether oxygens (including phenoxy) is 1. The summed E-state index contributed by atoms with van der Waals surface area (Å²) in [5.41, 5.74) is 0.821. The Labute approximate surface area is 106 Å². The van der Waals surface area contributed by atoms with E-state index in [0.717, 1.165) is 11.9 Å². The zero-order chi connectivity index (χ0) is 13.3. The third-order valence-electron chi connectivity index (χ3n) is 2.41. The highest BCUT2D eigenvalue weighted by Crippen LogP contribution is 2.20. The van der Waals surface area contributed by atoms with Crippen molar-refractivity contribution in [1.29, 1.82) is 0 Å². The summed E-state index contributed by atoms with van der Waals surface area (Å²) in [5, 5.41) is 1.76. The summed E-state index contributed by atoms with van der Waals surface area (Å²) in [6, 6.07) is 0. The number of alkyl halides is 1. The first kappa shape index (κ1) is 12.7. The van der Waals surface area contributed by atoms with Crippen LogP contribution in [0.5, 0.6) is 0 Å². The molecule has 0 aromatic carbocycles. The Kier molecular flexibility index (Phi) is 3.42. The number of fused-ring (bicyclic) bond motifs is 1. The van der Waals surface area contributed by atoms with Gasteiger partial charge >= 0.3 is 5.97 Å². The van der Waals surface area contributed by atoms with Crippen molar-refractivity contribution >= 4 is 27.5 Å². The Hall–Kier alpha value is -1.76. The molecule has 18 heavy (non-hydrogen) atoms. The van der Waals surface area contributed by atoms with Crippen molar-refractivity contribution in [3.8, 4) is 0 Å². The highest BCUT2D eigenvalue weighted by Gasteiger charge is 2.23. The van der Waals surface area contributed by atoms with Crippen LogP contribution in [0, 0.1) is 6.92 Å². The van der Waals surface area contributed by atoms with Crippen molar-refractivity contribution in [3.05, 3.63) is 27.6 Å². The number of carbonyl (C=O) groups is 1. The molecule has 2 heterocycles. The third kappa shape index (κ3) is 2.01. The largest absolute Gasteiger partial charge is 0.462 e. The van der Waals surface area contributed by atoms with E-state index in [2.05, 4.69) is 9.72 Å². The lowest BCUT2D eigenvalue weighted by Crippen LogP contribution is -2.28. The quantitative estimate of drug-likeness (QED) is 0.798. The van der Waals surface area contributed by atoms with Crippen LogP contribution in [0.15, 0.2) is 16.5 Å². The molecule has 0 amide bonds. The van der Waals surface area contributed by atoms with Gasteiger partial charge in [0.1, 0.15) is 11.0 Å². The Balaban J connectivity index is 2.49. The topological polar surface area (TPSA) is 61.2 Å². The van der Waals surface area contributed by atoms with Gasteiger partial charge in [0.2, 0.25) is 0 Å². The number of rotatable bonds is 3. The molecular weight excluding hydrogens is 259 g/mol. The molecule has 5 nitrogen and oxygen atoms in total. The molecule has 0 spiro atoms. The number of esters is 1. The van der Waals surface area contributed by atoms with E-state index in [1.807, 2.05) is 6.92 Å². The molecule has 96 valence electrons. The monoisotopic (exact) mass is 270 g/mol. The number of hydrogen-bond donors (Lipinski definition) is 0. The Morgan fingerprint density at radius 1 is 1.67 bits per heavy atom. The van der Waals surface area contributed by atoms with E-state index in [-0.39, 0.29) is 6.61 Å². The van der Waals surface area contributed by atoms with Crippen molar-refractivity contribution in [2.24, 2.45) is 0 Å². The minimum atomic E-state index is -2.16. The van der Waals surface area contributed by atoms with Crippen molar-refractivity contribution in [2.45, 2.75) is 20.1 Å². The van der Waals surface area contributed by atoms with Gasteiger partial charge in [0, 0.05) is 0 Å². The summed E-state index contributed by atoms with van der Waals surface area (Å²) in [5.74, 6) is -1.09. The van der Waals surface area contributed by atoms with E-state index in [1.54, 1.807) is 12.3 Å². The van der Waals surface area contributed by atoms with Gasteiger partial charge in [-0.2, -0.15) is 0 Å². The zero-order valence-corrected chi connectivity index (χ0v) is 10.7. The van der Waals surface area contributed by atoms with Gasteiger partial charge in [-0.3, -0.25) is 9.36 Å². The number of aryl methyl sites for hydroxylation is 1. The first-order chi connectivity index (χ1) is 8.56. The Bertz CT molecular complexity index is 649. The van der Waals surface area contributed by atoms with Crippen LogP contribution in [0.2, 0.25) is 0 Å². The molecule has 0 aliphatic heterocycles. The molecule has 0 saturated heterocycles. The molecule has 2 aromatic rings. The van der Waals surface area contributed by atoms with Crippen LogP contribution >= 0.6 is 11.3 Å². The highest BCUT2D eigenvalue weighted by atomic mass is 32.1. The van der Waals surface area contributed by atoms with E-state index in [4.69, 9.17) is 0 Å². The SMILES string of the molecule is CCOC(=O)C(F)n1cnc2c(C)csc2c1=O. The first-order valence-electron chi connectivity index (χ1n) is 5.32. The van der Waals surface area contributed by atoms with Crippen LogP contribution in [-0.4, -0.2) is 22.1 Å².